The third-order valence-corrected chi connectivity index (χ3v) is 1.95. The van der Waals surface area contributed by atoms with Crippen LogP contribution in [0.2, 0.25) is 0 Å². The van der Waals surface area contributed by atoms with E-state index in [1.165, 1.54) is 36.7 Å². The molecule has 0 amide bonds. The molecule has 0 spiro atoms. The lowest BCUT2D eigenvalue weighted by Crippen LogP contribution is -1.97. The van der Waals surface area contributed by atoms with Crippen LogP contribution in [0.25, 0.3) is 0 Å². The Hall–Kier alpha value is -2.17. The smallest absolute Gasteiger partial charge is 0.203 e. The fourth-order valence-corrected chi connectivity index (χ4v) is 1.16. The normalized spacial score (nSPS) is 10.1. The fourth-order valence-electron chi connectivity index (χ4n) is 1.16. The Morgan fingerprint density at radius 3 is 2.38 bits per heavy atom. The molecule has 2 N–H and O–H groups in total. The highest BCUT2D eigenvalue weighted by atomic mass is 19.2. The number of nitrogens with zero attached hydrogens (tertiary/aromatic N) is 1. The van der Waals surface area contributed by atoms with Crippen LogP contribution in [0.15, 0.2) is 36.7 Å². The summed E-state index contributed by atoms with van der Waals surface area (Å²) in [5.74, 6) is -2.04. The molecule has 0 fully saturated rings. The minimum absolute atomic E-state index is 0.210. The monoisotopic (exact) mass is 222 g/mol. The number of halogens is 2. The maximum Gasteiger partial charge on any atom is 0.203 e. The predicted molar refractivity (Wildman–Crippen MR) is 55.1 cm³/mol. The van der Waals surface area contributed by atoms with Crippen LogP contribution in [0.5, 0.6) is 11.5 Å². The van der Waals surface area contributed by atoms with Gasteiger partial charge < -0.3 is 10.5 Å². The second-order valence-corrected chi connectivity index (χ2v) is 3.07. The summed E-state index contributed by atoms with van der Waals surface area (Å²) in [6.07, 6.45) is 2.97. The Bertz CT molecular complexity index is 503. The molecule has 0 atom stereocenters. The Kier molecular flexibility index (Phi) is 2.68. The number of ether oxygens (including phenoxy) is 1. The molecule has 2 aromatic rings. The van der Waals surface area contributed by atoms with E-state index in [1.54, 1.807) is 0 Å². The third kappa shape index (κ3) is 1.93. The first-order valence-corrected chi connectivity index (χ1v) is 4.50. The van der Waals surface area contributed by atoms with E-state index >= 15 is 0 Å². The van der Waals surface area contributed by atoms with Gasteiger partial charge in [-0.15, -0.1) is 0 Å². The minimum Gasteiger partial charge on any atom is -0.454 e. The summed E-state index contributed by atoms with van der Waals surface area (Å²) in [7, 11) is 0. The number of nitrogen functional groups attached to an aromatic ring is 1. The van der Waals surface area contributed by atoms with Gasteiger partial charge in [0.1, 0.15) is 5.75 Å². The molecular weight excluding hydrogens is 214 g/mol. The number of benzene rings is 1. The molecule has 16 heavy (non-hydrogen) atoms. The van der Waals surface area contributed by atoms with Gasteiger partial charge in [0.2, 0.25) is 5.82 Å². The van der Waals surface area contributed by atoms with Crippen molar-refractivity contribution in [3.63, 3.8) is 0 Å². The van der Waals surface area contributed by atoms with Crippen LogP contribution in [-0.2, 0) is 0 Å². The van der Waals surface area contributed by atoms with Gasteiger partial charge >= 0.3 is 0 Å². The maximum absolute atomic E-state index is 13.4. The van der Waals surface area contributed by atoms with Crippen molar-refractivity contribution in [2.24, 2.45) is 0 Å². The van der Waals surface area contributed by atoms with Crippen molar-refractivity contribution in [1.82, 2.24) is 4.98 Å². The van der Waals surface area contributed by atoms with Gasteiger partial charge in [0.15, 0.2) is 11.6 Å². The van der Waals surface area contributed by atoms with E-state index in [-0.39, 0.29) is 11.4 Å². The standard InChI is InChI=1S/C11H8F2N2O/c12-10-8(14)1-2-9(11(10)13)16-7-3-5-15-6-4-7/h1-6H,14H2. The molecule has 0 radical (unpaired) electrons. The summed E-state index contributed by atoms with van der Waals surface area (Å²) in [5, 5.41) is 0. The molecule has 0 aliphatic carbocycles. The topological polar surface area (TPSA) is 48.1 Å². The summed E-state index contributed by atoms with van der Waals surface area (Å²) in [6.45, 7) is 0. The molecule has 0 saturated heterocycles. The van der Waals surface area contributed by atoms with Crippen molar-refractivity contribution in [2.45, 2.75) is 0 Å². The van der Waals surface area contributed by atoms with E-state index in [2.05, 4.69) is 4.98 Å². The van der Waals surface area contributed by atoms with E-state index in [0.29, 0.717) is 5.75 Å². The van der Waals surface area contributed by atoms with Crippen LogP contribution in [0.3, 0.4) is 0 Å². The van der Waals surface area contributed by atoms with Gasteiger partial charge in [-0.05, 0) is 24.3 Å². The van der Waals surface area contributed by atoms with Gasteiger partial charge in [-0.2, -0.15) is 4.39 Å². The number of anilines is 1. The number of rotatable bonds is 2. The van der Waals surface area contributed by atoms with E-state index in [1.807, 2.05) is 0 Å². The second kappa shape index (κ2) is 4.14. The zero-order valence-electron chi connectivity index (χ0n) is 8.15. The lowest BCUT2D eigenvalue weighted by molar-refractivity contribution is 0.417. The molecule has 5 heteroatoms. The van der Waals surface area contributed by atoms with Crippen molar-refractivity contribution < 1.29 is 13.5 Å². The van der Waals surface area contributed by atoms with Crippen LogP contribution >= 0.6 is 0 Å². The molecule has 2 rings (SSSR count). The molecule has 1 aromatic heterocycles. The predicted octanol–water partition coefficient (Wildman–Crippen LogP) is 2.73. The van der Waals surface area contributed by atoms with E-state index in [0.717, 1.165) is 0 Å². The van der Waals surface area contributed by atoms with Crippen molar-refractivity contribution >= 4 is 5.69 Å². The van der Waals surface area contributed by atoms with Crippen molar-refractivity contribution in [3.05, 3.63) is 48.3 Å². The first kappa shape index (κ1) is 10.4. The molecule has 1 heterocycles. The van der Waals surface area contributed by atoms with Gasteiger partial charge in [0, 0.05) is 12.4 Å². The fraction of sp³-hybridized carbons (Fsp3) is 0. The highest BCUT2D eigenvalue weighted by molar-refractivity contribution is 5.45. The highest BCUT2D eigenvalue weighted by Gasteiger charge is 2.13. The zero-order valence-corrected chi connectivity index (χ0v) is 8.15. The Balaban J connectivity index is 2.33. The number of aromatic nitrogens is 1. The maximum atomic E-state index is 13.4. The summed E-state index contributed by atoms with van der Waals surface area (Å²) in [4.78, 5) is 3.77. The van der Waals surface area contributed by atoms with Gasteiger partial charge in [0.05, 0.1) is 5.69 Å². The Morgan fingerprint density at radius 1 is 1.00 bits per heavy atom. The van der Waals surface area contributed by atoms with Crippen LogP contribution in [0, 0.1) is 11.6 Å². The van der Waals surface area contributed by atoms with Gasteiger partial charge in [0.25, 0.3) is 0 Å². The molecule has 0 aliphatic rings. The Labute approximate surface area is 90.5 Å². The van der Waals surface area contributed by atoms with Crippen LogP contribution in [0.1, 0.15) is 0 Å². The van der Waals surface area contributed by atoms with Crippen molar-refractivity contribution in [2.75, 3.05) is 5.73 Å². The molecule has 0 unspecified atom stereocenters. The van der Waals surface area contributed by atoms with Gasteiger partial charge in [-0.25, -0.2) is 4.39 Å². The number of hydrogen-bond acceptors (Lipinski definition) is 3. The average Bonchev–Trinajstić information content (AvgIpc) is 2.31. The summed E-state index contributed by atoms with van der Waals surface area (Å²) in [6, 6.07) is 5.59. The average molecular weight is 222 g/mol. The molecule has 3 nitrogen and oxygen atoms in total. The largest absolute Gasteiger partial charge is 0.454 e. The summed E-state index contributed by atoms with van der Waals surface area (Å²) in [5.41, 5.74) is 4.95. The van der Waals surface area contributed by atoms with Crippen molar-refractivity contribution in [1.29, 1.82) is 0 Å². The first-order valence-electron chi connectivity index (χ1n) is 4.50. The highest BCUT2D eigenvalue weighted by Crippen LogP contribution is 2.27. The molecular formula is C11H8F2N2O. The van der Waals surface area contributed by atoms with E-state index < -0.39 is 11.6 Å². The lowest BCUT2D eigenvalue weighted by atomic mass is 10.3. The SMILES string of the molecule is Nc1ccc(Oc2ccncc2)c(F)c1F. The van der Waals surface area contributed by atoms with E-state index in [9.17, 15) is 8.78 Å². The van der Waals surface area contributed by atoms with Crippen LogP contribution in [0.4, 0.5) is 14.5 Å². The number of nitrogens with two attached hydrogens (primary N) is 1. The summed E-state index contributed by atoms with van der Waals surface area (Å²) < 4.78 is 31.6. The van der Waals surface area contributed by atoms with Crippen LogP contribution < -0.4 is 10.5 Å². The van der Waals surface area contributed by atoms with Gasteiger partial charge in [-0.1, -0.05) is 0 Å². The third-order valence-electron chi connectivity index (χ3n) is 1.95. The number of hydrogen-bond donors (Lipinski definition) is 1. The molecule has 0 bridgehead atoms. The molecule has 1 aromatic carbocycles. The minimum atomic E-state index is -1.11. The van der Waals surface area contributed by atoms with Crippen molar-refractivity contribution in [3.8, 4) is 11.5 Å². The number of pyridine rings is 1. The quantitative estimate of drug-likeness (QED) is 0.795. The molecule has 0 saturated carbocycles. The van der Waals surface area contributed by atoms with E-state index in [4.69, 9.17) is 10.5 Å². The van der Waals surface area contributed by atoms with Crippen LogP contribution in [-0.4, -0.2) is 4.98 Å². The lowest BCUT2D eigenvalue weighted by Gasteiger charge is -2.07. The molecule has 0 aliphatic heterocycles. The first-order chi connectivity index (χ1) is 7.68. The zero-order chi connectivity index (χ0) is 11.5. The summed E-state index contributed by atoms with van der Waals surface area (Å²) >= 11 is 0. The van der Waals surface area contributed by atoms with Gasteiger partial charge in [-0.3, -0.25) is 4.98 Å². The second-order valence-electron chi connectivity index (χ2n) is 3.07. The molecule has 82 valence electrons. The Morgan fingerprint density at radius 2 is 1.69 bits per heavy atom.